The van der Waals surface area contributed by atoms with E-state index in [0.29, 0.717) is 6.54 Å². The number of nitrogens with one attached hydrogen (secondary N) is 1. The molecular weight excluding hydrogens is 290 g/mol. The second-order valence-corrected chi connectivity index (χ2v) is 6.58. The molecule has 0 radical (unpaired) electrons. The lowest BCUT2D eigenvalue weighted by molar-refractivity contribution is -0.138. The number of carbonyl (C=O) groups is 2. The van der Waals surface area contributed by atoms with Crippen LogP contribution < -0.4 is 11.1 Å². The number of likely N-dealkylation sites (tertiary alicyclic amines) is 1. The summed E-state index contributed by atoms with van der Waals surface area (Å²) in [6.07, 6.45) is 1.82. The predicted octanol–water partition coefficient (Wildman–Crippen LogP) is 1.90. The van der Waals surface area contributed by atoms with E-state index >= 15 is 0 Å². The first-order valence-corrected chi connectivity index (χ1v) is 8.31. The van der Waals surface area contributed by atoms with Crippen LogP contribution in [0.1, 0.15) is 50.3 Å². The SMILES string of the molecule is Cc1ccccc1C(N)CC(=O)N1CCC[C@H]1C(=O)NC(C)C. The van der Waals surface area contributed by atoms with E-state index < -0.39 is 0 Å². The van der Waals surface area contributed by atoms with Crippen LogP contribution in [0.4, 0.5) is 0 Å². The summed E-state index contributed by atoms with van der Waals surface area (Å²) >= 11 is 0. The van der Waals surface area contributed by atoms with Crippen molar-refractivity contribution in [2.45, 2.75) is 58.2 Å². The van der Waals surface area contributed by atoms with Crippen LogP contribution >= 0.6 is 0 Å². The van der Waals surface area contributed by atoms with Gasteiger partial charge in [0.15, 0.2) is 0 Å². The van der Waals surface area contributed by atoms with Gasteiger partial charge in [0.2, 0.25) is 11.8 Å². The lowest BCUT2D eigenvalue weighted by Crippen LogP contribution is -2.48. The summed E-state index contributed by atoms with van der Waals surface area (Å²) in [5.41, 5.74) is 8.29. The van der Waals surface area contributed by atoms with E-state index in [1.165, 1.54) is 0 Å². The molecule has 1 aromatic rings. The van der Waals surface area contributed by atoms with Gasteiger partial charge in [-0.05, 0) is 44.7 Å². The van der Waals surface area contributed by atoms with Crippen molar-refractivity contribution < 1.29 is 9.59 Å². The topological polar surface area (TPSA) is 75.4 Å². The smallest absolute Gasteiger partial charge is 0.243 e. The summed E-state index contributed by atoms with van der Waals surface area (Å²) in [6, 6.07) is 7.23. The number of amides is 2. The minimum absolute atomic E-state index is 0.0397. The number of nitrogens with two attached hydrogens (primary N) is 1. The molecule has 3 N–H and O–H groups in total. The first-order valence-electron chi connectivity index (χ1n) is 8.31. The highest BCUT2D eigenvalue weighted by atomic mass is 16.2. The average Bonchev–Trinajstić information content (AvgIpc) is 2.96. The Morgan fingerprint density at radius 1 is 1.35 bits per heavy atom. The second-order valence-electron chi connectivity index (χ2n) is 6.58. The fraction of sp³-hybridized carbons (Fsp3) is 0.556. The van der Waals surface area contributed by atoms with E-state index in [1.54, 1.807) is 4.90 Å². The minimum atomic E-state index is -0.353. The average molecular weight is 317 g/mol. The largest absolute Gasteiger partial charge is 0.352 e. The molecule has 1 aliphatic rings. The van der Waals surface area contributed by atoms with Crippen molar-refractivity contribution in [2.75, 3.05) is 6.54 Å². The Bertz CT molecular complexity index is 571. The highest BCUT2D eigenvalue weighted by Gasteiger charge is 2.34. The highest BCUT2D eigenvalue weighted by Crippen LogP contribution is 2.23. The van der Waals surface area contributed by atoms with Gasteiger partial charge in [0.1, 0.15) is 6.04 Å². The first-order chi connectivity index (χ1) is 10.9. The van der Waals surface area contributed by atoms with Crippen LogP contribution in [0.3, 0.4) is 0 Å². The van der Waals surface area contributed by atoms with E-state index in [1.807, 2.05) is 45.0 Å². The minimum Gasteiger partial charge on any atom is -0.352 e. The van der Waals surface area contributed by atoms with Crippen molar-refractivity contribution in [1.82, 2.24) is 10.2 Å². The van der Waals surface area contributed by atoms with Gasteiger partial charge >= 0.3 is 0 Å². The van der Waals surface area contributed by atoms with E-state index in [2.05, 4.69) is 5.32 Å². The summed E-state index contributed by atoms with van der Waals surface area (Å²) in [6.45, 7) is 6.48. The Hall–Kier alpha value is -1.88. The monoisotopic (exact) mass is 317 g/mol. The number of rotatable bonds is 5. The van der Waals surface area contributed by atoms with E-state index in [9.17, 15) is 9.59 Å². The quantitative estimate of drug-likeness (QED) is 0.871. The van der Waals surface area contributed by atoms with Gasteiger partial charge in [-0.2, -0.15) is 0 Å². The van der Waals surface area contributed by atoms with Crippen molar-refractivity contribution >= 4 is 11.8 Å². The molecule has 0 bridgehead atoms. The van der Waals surface area contributed by atoms with Crippen molar-refractivity contribution in [2.24, 2.45) is 5.73 Å². The van der Waals surface area contributed by atoms with Crippen LogP contribution in [0, 0.1) is 6.92 Å². The van der Waals surface area contributed by atoms with Crippen molar-refractivity contribution in [3.05, 3.63) is 35.4 Å². The number of benzene rings is 1. The molecule has 5 heteroatoms. The van der Waals surface area contributed by atoms with Crippen LogP contribution in [0.2, 0.25) is 0 Å². The van der Waals surface area contributed by atoms with Crippen molar-refractivity contribution in [3.8, 4) is 0 Å². The molecule has 2 amide bonds. The first kappa shape index (κ1) is 17.5. The third-order valence-corrected chi connectivity index (χ3v) is 4.29. The molecule has 5 nitrogen and oxygen atoms in total. The normalized spacial score (nSPS) is 19.0. The number of aryl methyl sites for hydroxylation is 1. The molecule has 23 heavy (non-hydrogen) atoms. The Kier molecular flexibility index (Phi) is 5.77. The molecule has 1 aliphatic heterocycles. The van der Waals surface area contributed by atoms with Gasteiger partial charge in [0.05, 0.1) is 0 Å². The lowest BCUT2D eigenvalue weighted by atomic mass is 9.99. The number of hydrogen-bond donors (Lipinski definition) is 2. The Morgan fingerprint density at radius 2 is 2.04 bits per heavy atom. The van der Waals surface area contributed by atoms with Gasteiger partial charge in [-0.15, -0.1) is 0 Å². The fourth-order valence-corrected chi connectivity index (χ4v) is 3.14. The molecule has 1 saturated heterocycles. The van der Waals surface area contributed by atoms with Crippen LogP contribution in [0.15, 0.2) is 24.3 Å². The molecule has 0 saturated carbocycles. The molecule has 1 heterocycles. The Balaban J connectivity index is 2.02. The van der Waals surface area contributed by atoms with Gasteiger partial charge in [-0.25, -0.2) is 0 Å². The van der Waals surface area contributed by atoms with Gasteiger partial charge in [0.25, 0.3) is 0 Å². The zero-order chi connectivity index (χ0) is 17.0. The summed E-state index contributed by atoms with van der Waals surface area (Å²) in [5, 5.41) is 2.90. The standard InChI is InChI=1S/C18H27N3O2/c1-12(2)20-18(23)16-9-6-10-21(16)17(22)11-15(19)14-8-5-4-7-13(14)3/h4-5,7-8,12,15-16H,6,9-11,19H2,1-3H3,(H,20,23)/t15?,16-/m0/s1. The number of hydrogen-bond acceptors (Lipinski definition) is 3. The fourth-order valence-electron chi connectivity index (χ4n) is 3.14. The molecule has 1 aromatic carbocycles. The summed E-state index contributed by atoms with van der Waals surface area (Å²) in [4.78, 5) is 26.5. The van der Waals surface area contributed by atoms with Crippen LogP contribution in [-0.2, 0) is 9.59 Å². The van der Waals surface area contributed by atoms with Crippen molar-refractivity contribution in [3.63, 3.8) is 0 Å². The molecule has 0 spiro atoms. The third kappa shape index (κ3) is 4.32. The van der Waals surface area contributed by atoms with Gasteiger partial charge in [-0.3, -0.25) is 9.59 Å². The van der Waals surface area contributed by atoms with Crippen LogP contribution in [0.5, 0.6) is 0 Å². The Morgan fingerprint density at radius 3 is 2.70 bits per heavy atom. The third-order valence-electron chi connectivity index (χ3n) is 4.29. The summed E-state index contributed by atoms with van der Waals surface area (Å²) in [5.74, 6) is -0.0996. The van der Waals surface area contributed by atoms with Crippen LogP contribution in [-0.4, -0.2) is 35.3 Å². The predicted molar refractivity (Wildman–Crippen MR) is 90.7 cm³/mol. The highest BCUT2D eigenvalue weighted by molar-refractivity contribution is 5.88. The lowest BCUT2D eigenvalue weighted by Gasteiger charge is -2.26. The van der Waals surface area contributed by atoms with E-state index in [4.69, 9.17) is 5.73 Å². The number of carbonyl (C=O) groups excluding carboxylic acids is 2. The van der Waals surface area contributed by atoms with Gasteiger partial charge in [-0.1, -0.05) is 24.3 Å². The maximum absolute atomic E-state index is 12.6. The maximum atomic E-state index is 12.6. The number of nitrogens with zero attached hydrogens (tertiary/aromatic N) is 1. The maximum Gasteiger partial charge on any atom is 0.243 e. The molecule has 2 rings (SSSR count). The molecular formula is C18H27N3O2. The van der Waals surface area contributed by atoms with E-state index in [0.717, 1.165) is 24.0 Å². The molecule has 0 aromatic heterocycles. The second kappa shape index (κ2) is 7.59. The molecule has 1 unspecified atom stereocenters. The van der Waals surface area contributed by atoms with Gasteiger partial charge in [0, 0.05) is 25.0 Å². The molecule has 0 aliphatic carbocycles. The van der Waals surface area contributed by atoms with Crippen molar-refractivity contribution in [1.29, 1.82) is 0 Å². The van der Waals surface area contributed by atoms with E-state index in [-0.39, 0.29) is 36.4 Å². The summed E-state index contributed by atoms with van der Waals surface area (Å²) < 4.78 is 0. The zero-order valence-corrected chi connectivity index (χ0v) is 14.2. The molecule has 126 valence electrons. The van der Waals surface area contributed by atoms with Crippen LogP contribution in [0.25, 0.3) is 0 Å². The molecule has 2 atom stereocenters. The summed E-state index contributed by atoms with van der Waals surface area (Å²) in [7, 11) is 0. The Labute approximate surface area is 138 Å². The van der Waals surface area contributed by atoms with Gasteiger partial charge < -0.3 is 16.0 Å². The zero-order valence-electron chi connectivity index (χ0n) is 14.2. The molecule has 1 fully saturated rings.